The largest absolute Gasteiger partial charge is 0.508 e. The minimum atomic E-state index is -4.55. The van der Waals surface area contributed by atoms with Crippen LogP contribution in [0.4, 0.5) is 13.2 Å². The quantitative estimate of drug-likeness (QED) is 0.851. The molecular formula is C10H10ClF3O2. The summed E-state index contributed by atoms with van der Waals surface area (Å²) in [6.45, 7) is 1.24. The first kappa shape index (κ1) is 13.1. The van der Waals surface area contributed by atoms with Crippen LogP contribution >= 0.6 is 11.6 Å². The number of aliphatic hydroxyl groups excluding tert-OH is 1. The SMILES string of the molecule is CC(CO)c1c(O)cc(C(F)(F)F)cc1Cl. The summed E-state index contributed by atoms with van der Waals surface area (Å²) in [6.07, 6.45) is -4.55. The predicted molar refractivity (Wildman–Crippen MR) is 53.6 cm³/mol. The van der Waals surface area contributed by atoms with Gasteiger partial charge in [0.05, 0.1) is 5.56 Å². The van der Waals surface area contributed by atoms with Gasteiger partial charge in [-0.15, -0.1) is 0 Å². The number of hydrogen-bond donors (Lipinski definition) is 2. The second-order valence-corrected chi connectivity index (χ2v) is 3.88. The summed E-state index contributed by atoms with van der Waals surface area (Å²) in [5, 5.41) is 18.1. The lowest BCUT2D eigenvalue weighted by Crippen LogP contribution is -2.07. The molecule has 0 saturated carbocycles. The topological polar surface area (TPSA) is 40.5 Å². The van der Waals surface area contributed by atoms with Crippen molar-refractivity contribution in [2.75, 3.05) is 6.61 Å². The maximum atomic E-state index is 12.3. The van der Waals surface area contributed by atoms with Crippen LogP contribution in [0.3, 0.4) is 0 Å². The highest BCUT2D eigenvalue weighted by atomic mass is 35.5. The molecule has 0 aromatic heterocycles. The van der Waals surface area contributed by atoms with Crippen LogP contribution in [0.1, 0.15) is 24.0 Å². The number of phenolic OH excluding ortho intramolecular Hbond substituents is 1. The third-order valence-corrected chi connectivity index (χ3v) is 2.51. The van der Waals surface area contributed by atoms with Gasteiger partial charge in [-0.3, -0.25) is 0 Å². The van der Waals surface area contributed by atoms with Crippen molar-refractivity contribution in [1.82, 2.24) is 0 Å². The molecule has 0 aliphatic rings. The van der Waals surface area contributed by atoms with Gasteiger partial charge in [0.1, 0.15) is 5.75 Å². The fourth-order valence-corrected chi connectivity index (χ4v) is 1.75. The molecule has 1 rings (SSSR count). The third-order valence-electron chi connectivity index (χ3n) is 2.20. The molecule has 0 amide bonds. The molecular weight excluding hydrogens is 245 g/mol. The van der Waals surface area contributed by atoms with E-state index < -0.39 is 23.4 Å². The van der Waals surface area contributed by atoms with Crippen LogP contribution in [0.15, 0.2) is 12.1 Å². The molecule has 0 fully saturated rings. The fourth-order valence-electron chi connectivity index (χ4n) is 1.35. The molecule has 0 spiro atoms. The maximum Gasteiger partial charge on any atom is 0.416 e. The highest BCUT2D eigenvalue weighted by molar-refractivity contribution is 6.31. The Labute approximate surface area is 95.3 Å². The number of phenols is 1. The van der Waals surface area contributed by atoms with Crippen molar-refractivity contribution in [3.8, 4) is 5.75 Å². The van der Waals surface area contributed by atoms with Crippen molar-refractivity contribution in [1.29, 1.82) is 0 Å². The van der Waals surface area contributed by atoms with Gasteiger partial charge in [-0.2, -0.15) is 13.2 Å². The molecule has 6 heteroatoms. The second kappa shape index (κ2) is 4.51. The normalized spacial score (nSPS) is 13.9. The van der Waals surface area contributed by atoms with E-state index >= 15 is 0 Å². The number of alkyl halides is 3. The highest BCUT2D eigenvalue weighted by Gasteiger charge is 2.32. The number of hydrogen-bond acceptors (Lipinski definition) is 2. The molecule has 0 aliphatic carbocycles. The van der Waals surface area contributed by atoms with Crippen LogP contribution in [0.5, 0.6) is 5.75 Å². The minimum Gasteiger partial charge on any atom is -0.508 e. The molecule has 1 atom stereocenters. The van der Waals surface area contributed by atoms with Crippen LogP contribution in [0.25, 0.3) is 0 Å². The zero-order chi connectivity index (χ0) is 12.5. The number of rotatable bonds is 2. The van der Waals surface area contributed by atoms with Crippen molar-refractivity contribution < 1.29 is 23.4 Å². The van der Waals surface area contributed by atoms with Crippen LogP contribution in [0.2, 0.25) is 5.02 Å². The molecule has 16 heavy (non-hydrogen) atoms. The van der Waals surface area contributed by atoms with E-state index in [1.807, 2.05) is 0 Å². The first-order valence-electron chi connectivity index (χ1n) is 4.47. The number of aliphatic hydroxyl groups is 1. The molecule has 0 heterocycles. The summed E-state index contributed by atoms with van der Waals surface area (Å²) in [7, 11) is 0. The average molecular weight is 255 g/mol. The van der Waals surface area contributed by atoms with Crippen LogP contribution < -0.4 is 0 Å². The number of halogens is 4. The Morgan fingerprint density at radius 1 is 1.38 bits per heavy atom. The molecule has 90 valence electrons. The minimum absolute atomic E-state index is 0.122. The Balaban J connectivity index is 3.28. The van der Waals surface area contributed by atoms with Gasteiger partial charge in [0, 0.05) is 23.1 Å². The lowest BCUT2D eigenvalue weighted by molar-refractivity contribution is -0.137. The summed E-state index contributed by atoms with van der Waals surface area (Å²) < 4.78 is 37.0. The van der Waals surface area contributed by atoms with E-state index in [2.05, 4.69) is 0 Å². The van der Waals surface area contributed by atoms with Crippen molar-refractivity contribution >= 4 is 11.6 Å². The smallest absolute Gasteiger partial charge is 0.416 e. The lowest BCUT2D eigenvalue weighted by Gasteiger charge is -2.15. The van der Waals surface area contributed by atoms with E-state index in [-0.39, 0.29) is 17.2 Å². The monoisotopic (exact) mass is 254 g/mol. The van der Waals surface area contributed by atoms with E-state index in [1.54, 1.807) is 6.92 Å². The van der Waals surface area contributed by atoms with E-state index in [1.165, 1.54) is 0 Å². The van der Waals surface area contributed by atoms with Crippen molar-refractivity contribution in [2.24, 2.45) is 0 Å². The average Bonchev–Trinajstić information content (AvgIpc) is 2.14. The molecule has 1 aromatic rings. The Morgan fingerprint density at radius 2 is 1.94 bits per heavy atom. The molecule has 0 bridgehead atoms. The standard InChI is InChI=1S/C10H10ClF3O2/c1-5(4-15)9-7(11)2-6(3-8(9)16)10(12,13)14/h2-3,5,15-16H,4H2,1H3. The predicted octanol–water partition coefficient (Wildman–Crippen LogP) is 3.16. The summed E-state index contributed by atoms with van der Waals surface area (Å²) >= 11 is 5.64. The zero-order valence-electron chi connectivity index (χ0n) is 8.35. The van der Waals surface area contributed by atoms with Gasteiger partial charge in [0.2, 0.25) is 0 Å². The van der Waals surface area contributed by atoms with E-state index in [4.69, 9.17) is 16.7 Å². The van der Waals surface area contributed by atoms with E-state index in [9.17, 15) is 18.3 Å². The van der Waals surface area contributed by atoms with Crippen molar-refractivity contribution in [2.45, 2.75) is 19.0 Å². The summed E-state index contributed by atoms with van der Waals surface area (Å²) in [5.74, 6) is -1.07. The summed E-state index contributed by atoms with van der Waals surface area (Å²) in [5.41, 5.74) is -0.888. The van der Waals surface area contributed by atoms with Crippen molar-refractivity contribution in [3.05, 3.63) is 28.3 Å². The van der Waals surface area contributed by atoms with Crippen LogP contribution in [-0.2, 0) is 6.18 Å². The number of benzene rings is 1. The van der Waals surface area contributed by atoms with Gasteiger partial charge >= 0.3 is 6.18 Å². The third kappa shape index (κ3) is 2.59. The van der Waals surface area contributed by atoms with Crippen LogP contribution in [-0.4, -0.2) is 16.8 Å². The summed E-state index contributed by atoms with van der Waals surface area (Å²) in [6, 6.07) is 1.34. The molecule has 0 aliphatic heterocycles. The van der Waals surface area contributed by atoms with Gasteiger partial charge in [0.25, 0.3) is 0 Å². The number of aromatic hydroxyl groups is 1. The van der Waals surface area contributed by atoms with Gasteiger partial charge < -0.3 is 10.2 Å². The van der Waals surface area contributed by atoms with Crippen LogP contribution in [0, 0.1) is 0 Å². The highest BCUT2D eigenvalue weighted by Crippen LogP contribution is 2.39. The maximum absolute atomic E-state index is 12.3. The first-order chi connectivity index (χ1) is 7.27. The Hall–Kier alpha value is -0.940. The molecule has 2 N–H and O–H groups in total. The first-order valence-corrected chi connectivity index (χ1v) is 4.85. The van der Waals surface area contributed by atoms with Gasteiger partial charge in [-0.25, -0.2) is 0 Å². The zero-order valence-corrected chi connectivity index (χ0v) is 9.10. The van der Waals surface area contributed by atoms with Gasteiger partial charge in [-0.1, -0.05) is 18.5 Å². The Kier molecular flexibility index (Phi) is 3.70. The van der Waals surface area contributed by atoms with Gasteiger partial charge in [0.15, 0.2) is 0 Å². The Bertz CT molecular complexity index is 367. The van der Waals surface area contributed by atoms with Gasteiger partial charge in [-0.05, 0) is 12.1 Å². The van der Waals surface area contributed by atoms with Crippen molar-refractivity contribution in [3.63, 3.8) is 0 Å². The molecule has 1 unspecified atom stereocenters. The molecule has 1 aromatic carbocycles. The Morgan fingerprint density at radius 3 is 2.31 bits per heavy atom. The second-order valence-electron chi connectivity index (χ2n) is 3.47. The fraction of sp³-hybridized carbons (Fsp3) is 0.400. The summed E-state index contributed by atoms with van der Waals surface area (Å²) in [4.78, 5) is 0. The molecule has 2 nitrogen and oxygen atoms in total. The molecule has 0 saturated heterocycles. The van der Waals surface area contributed by atoms with E-state index in [0.29, 0.717) is 6.07 Å². The lowest BCUT2D eigenvalue weighted by atomic mass is 9.99. The van der Waals surface area contributed by atoms with E-state index in [0.717, 1.165) is 6.07 Å². The molecule has 0 radical (unpaired) electrons.